The van der Waals surface area contributed by atoms with Gasteiger partial charge in [-0.15, -0.1) is 0 Å². The summed E-state index contributed by atoms with van der Waals surface area (Å²) in [6.45, 7) is 0. The molecule has 2 aromatic rings. The second kappa shape index (κ2) is 4.30. The lowest BCUT2D eigenvalue weighted by molar-refractivity contribution is -0.383. The highest BCUT2D eigenvalue weighted by Crippen LogP contribution is 2.36. The number of hydrogen-bond donors (Lipinski definition) is 0. The molecule has 0 amide bonds. The molecule has 2 rings (SSSR count). The zero-order valence-corrected chi connectivity index (χ0v) is 10.4. The normalized spacial score (nSPS) is 10.6. The average Bonchev–Trinajstić information content (AvgIpc) is 2.65. The fraction of sp³-hybridized carbons (Fsp3) is 0.182. The van der Waals surface area contributed by atoms with Gasteiger partial charge in [-0.25, -0.2) is 0 Å². The van der Waals surface area contributed by atoms with E-state index in [1.54, 1.807) is 13.1 Å². The summed E-state index contributed by atoms with van der Waals surface area (Å²) < 4.78 is 6.47. The van der Waals surface area contributed by atoms with Gasteiger partial charge >= 0.3 is 5.69 Å². The Balaban J connectivity index is 2.89. The van der Waals surface area contributed by atoms with Gasteiger partial charge in [0, 0.05) is 7.05 Å². The molecule has 0 saturated carbocycles. The number of nitrogens with zero attached hydrogens (tertiary/aromatic N) is 2. The van der Waals surface area contributed by atoms with Crippen molar-refractivity contribution in [2.45, 2.75) is 0 Å². The van der Waals surface area contributed by atoms with Crippen LogP contribution in [-0.2, 0) is 7.05 Å². The Kier molecular flexibility index (Phi) is 2.96. The minimum atomic E-state index is -0.665. The van der Waals surface area contributed by atoms with Crippen molar-refractivity contribution in [2.24, 2.45) is 7.05 Å². The van der Waals surface area contributed by atoms with Gasteiger partial charge in [-0.1, -0.05) is 0 Å². The van der Waals surface area contributed by atoms with Gasteiger partial charge in [0.2, 0.25) is 0 Å². The molecule has 0 N–H and O–H groups in total. The lowest BCUT2D eigenvalue weighted by Gasteiger charge is -2.03. The molecule has 0 spiro atoms. The number of nitro groups is 1. The number of ether oxygens (including phenoxy) is 1. The number of benzene rings is 1. The number of aryl methyl sites for hydroxylation is 1. The van der Waals surface area contributed by atoms with Crippen molar-refractivity contribution in [1.29, 1.82) is 0 Å². The monoisotopic (exact) mass is 268 g/mol. The summed E-state index contributed by atoms with van der Waals surface area (Å²) in [7, 11) is 2.97. The van der Waals surface area contributed by atoms with Crippen LogP contribution >= 0.6 is 11.6 Å². The minimum Gasteiger partial charge on any atom is -0.490 e. The third kappa shape index (κ3) is 1.70. The molecule has 0 radical (unpaired) electrons. The Bertz CT molecular complexity index is 663. The number of carbonyl (C=O) groups excluding carboxylic acids is 1. The summed E-state index contributed by atoms with van der Waals surface area (Å²) in [6, 6.07) is 4.53. The van der Waals surface area contributed by atoms with Gasteiger partial charge in [0.25, 0.3) is 5.24 Å². The van der Waals surface area contributed by atoms with Crippen LogP contribution in [0.3, 0.4) is 0 Å². The molecule has 0 fully saturated rings. The molecule has 0 aliphatic carbocycles. The molecule has 0 aliphatic heterocycles. The maximum Gasteiger partial charge on any atom is 0.320 e. The predicted octanol–water partition coefficient (Wildman–Crippen LogP) is 2.47. The van der Waals surface area contributed by atoms with E-state index in [0.29, 0.717) is 10.9 Å². The molecule has 0 bridgehead atoms. The van der Waals surface area contributed by atoms with Gasteiger partial charge in [-0.05, 0) is 29.8 Å². The van der Waals surface area contributed by atoms with Crippen LogP contribution in [0.1, 0.15) is 10.5 Å². The molecule has 0 unspecified atom stereocenters. The van der Waals surface area contributed by atoms with Gasteiger partial charge in [-0.3, -0.25) is 14.9 Å². The zero-order chi connectivity index (χ0) is 13.4. The van der Waals surface area contributed by atoms with E-state index in [2.05, 4.69) is 0 Å². The van der Waals surface area contributed by atoms with Crippen LogP contribution in [0, 0.1) is 10.1 Å². The first-order valence-corrected chi connectivity index (χ1v) is 5.35. The van der Waals surface area contributed by atoms with Crippen molar-refractivity contribution in [3.05, 3.63) is 34.0 Å². The Morgan fingerprint density at radius 2 is 2.17 bits per heavy atom. The first-order chi connectivity index (χ1) is 8.47. The van der Waals surface area contributed by atoms with Crippen LogP contribution in [0.5, 0.6) is 5.75 Å². The smallest absolute Gasteiger partial charge is 0.320 e. The summed E-state index contributed by atoms with van der Waals surface area (Å²) in [5.74, 6) is 0.145. The summed E-state index contributed by atoms with van der Waals surface area (Å²) >= 11 is 5.42. The Labute approximate surface area is 107 Å². The lowest BCUT2D eigenvalue weighted by Crippen LogP contribution is -1.98. The van der Waals surface area contributed by atoms with Crippen molar-refractivity contribution in [1.82, 2.24) is 4.57 Å². The zero-order valence-electron chi connectivity index (χ0n) is 9.64. The van der Waals surface area contributed by atoms with E-state index in [9.17, 15) is 14.9 Å². The molecule has 7 heteroatoms. The molecule has 1 aromatic carbocycles. The van der Waals surface area contributed by atoms with E-state index < -0.39 is 10.2 Å². The van der Waals surface area contributed by atoms with Crippen molar-refractivity contribution < 1.29 is 14.5 Å². The highest BCUT2D eigenvalue weighted by Gasteiger charge is 2.23. The number of halogens is 1. The molecule has 0 saturated heterocycles. The standard InChI is InChI=1S/C11H9ClN2O4/c1-13-7-3-4-9(18-2)10(14(16)17)6(7)5-8(13)11(12)15/h3-5H,1-2H3. The Morgan fingerprint density at radius 3 is 2.67 bits per heavy atom. The maximum absolute atomic E-state index is 11.2. The Morgan fingerprint density at radius 1 is 1.50 bits per heavy atom. The van der Waals surface area contributed by atoms with Crippen LogP contribution in [0.25, 0.3) is 10.9 Å². The molecule has 0 atom stereocenters. The van der Waals surface area contributed by atoms with E-state index in [1.165, 1.54) is 23.8 Å². The number of methoxy groups -OCH3 is 1. The lowest BCUT2D eigenvalue weighted by atomic mass is 10.2. The molecule has 1 aromatic heterocycles. The van der Waals surface area contributed by atoms with Crippen LogP contribution in [0.2, 0.25) is 0 Å². The highest BCUT2D eigenvalue weighted by molar-refractivity contribution is 6.67. The third-order valence-corrected chi connectivity index (χ3v) is 2.96. The third-order valence-electron chi connectivity index (χ3n) is 2.76. The van der Waals surface area contributed by atoms with Crippen molar-refractivity contribution >= 4 is 33.4 Å². The fourth-order valence-electron chi connectivity index (χ4n) is 1.92. The van der Waals surface area contributed by atoms with Gasteiger partial charge in [0.1, 0.15) is 5.69 Å². The minimum absolute atomic E-state index is 0.145. The quantitative estimate of drug-likeness (QED) is 0.487. The SMILES string of the molecule is COc1ccc2c(cc(C(=O)Cl)n2C)c1[N+](=O)[O-]. The van der Waals surface area contributed by atoms with E-state index >= 15 is 0 Å². The number of nitro benzene ring substituents is 1. The largest absolute Gasteiger partial charge is 0.490 e. The number of carbonyl (C=O) groups is 1. The van der Waals surface area contributed by atoms with E-state index in [1.807, 2.05) is 0 Å². The van der Waals surface area contributed by atoms with Crippen molar-refractivity contribution in [2.75, 3.05) is 7.11 Å². The van der Waals surface area contributed by atoms with E-state index in [0.717, 1.165) is 0 Å². The number of fused-ring (bicyclic) bond motifs is 1. The van der Waals surface area contributed by atoms with Crippen molar-refractivity contribution in [3.63, 3.8) is 0 Å². The van der Waals surface area contributed by atoms with Gasteiger partial charge in [0.15, 0.2) is 5.75 Å². The second-order valence-corrected chi connectivity index (χ2v) is 4.01. The van der Waals surface area contributed by atoms with Gasteiger partial charge in [0.05, 0.1) is 22.9 Å². The fourth-order valence-corrected chi connectivity index (χ4v) is 2.10. The Hall–Kier alpha value is -2.08. The number of aromatic nitrogens is 1. The molecule has 0 aliphatic rings. The summed E-state index contributed by atoms with van der Waals surface area (Å²) in [5.41, 5.74) is 0.573. The molecule has 18 heavy (non-hydrogen) atoms. The van der Waals surface area contributed by atoms with E-state index in [4.69, 9.17) is 16.3 Å². The predicted molar refractivity (Wildman–Crippen MR) is 66.3 cm³/mol. The van der Waals surface area contributed by atoms with Gasteiger partial charge < -0.3 is 9.30 Å². The number of hydrogen-bond acceptors (Lipinski definition) is 4. The van der Waals surface area contributed by atoms with Crippen LogP contribution in [0.4, 0.5) is 5.69 Å². The van der Waals surface area contributed by atoms with Gasteiger partial charge in [-0.2, -0.15) is 0 Å². The number of rotatable bonds is 3. The van der Waals surface area contributed by atoms with Crippen molar-refractivity contribution in [3.8, 4) is 5.75 Å². The second-order valence-electron chi connectivity index (χ2n) is 3.67. The summed E-state index contributed by atoms with van der Waals surface area (Å²) in [5, 5.41) is 10.7. The molecule has 6 nitrogen and oxygen atoms in total. The first-order valence-electron chi connectivity index (χ1n) is 4.98. The maximum atomic E-state index is 11.2. The average molecular weight is 269 g/mol. The highest BCUT2D eigenvalue weighted by atomic mass is 35.5. The topological polar surface area (TPSA) is 74.4 Å². The van der Waals surface area contributed by atoms with E-state index in [-0.39, 0.29) is 17.1 Å². The summed E-state index contributed by atoms with van der Waals surface area (Å²) in [6.07, 6.45) is 0. The molecular weight excluding hydrogens is 260 g/mol. The molecular formula is C11H9ClN2O4. The van der Waals surface area contributed by atoms with Crippen LogP contribution < -0.4 is 4.74 Å². The molecule has 1 heterocycles. The first kappa shape index (κ1) is 12.4. The molecule has 94 valence electrons. The summed E-state index contributed by atoms with van der Waals surface area (Å²) in [4.78, 5) is 21.8. The van der Waals surface area contributed by atoms with Crippen LogP contribution in [-0.4, -0.2) is 21.8 Å². The van der Waals surface area contributed by atoms with Crippen LogP contribution in [0.15, 0.2) is 18.2 Å².